The molecule has 1 aliphatic heterocycles. The summed E-state index contributed by atoms with van der Waals surface area (Å²) >= 11 is 0. The third-order valence-electron chi connectivity index (χ3n) is 6.26. The summed E-state index contributed by atoms with van der Waals surface area (Å²) in [5.41, 5.74) is -0.173. The van der Waals surface area contributed by atoms with Crippen LogP contribution in [0.15, 0.2) is 65.2 Å². The van der Waals surface area contributed by atoms with E-state index in [1.807, 2.05) is 30.3 Å². The number of benzene rings is 2. The van der Waals surface area contributed by atoms with Gasteiger partial charge in [-0.25, -0.2) is 0 Å². The zero-order chi connectivity index (χ0) is 23.6. The second kappa shape index (κ2) is 9.02. The number of piperidine rings is 1. The summed E-state index contributed by atoms with van der Waals surface area (Å²) in [5, 5.41) is 15.0. The number of carbonyl (C=O) groups excluding carboxylic acids is 1. The number of nitrogens with zero attached hydrogens (tertiary/aromatic N) is 2. The maximum Gasteiger partial charge on any atom is 0.416 e. The monoisotopic (exact) mass is 458 g/mol. The first-order chi connectivity index (χ1) is 15.7. The van der Waals surface area contributed by atoms with Crippen LogP contribution in [0.2, 0.25) is 0 Å². The number of carbonyl (C=O) groups is 1. The zero-order valence-corrected chi connectivity index (χ0v) is 18.2. The van der Waals surface area contributed by atoms with Gasteiger partial charge in [-0.2, -0.15) is 13.2 Å². The Bertz CT molecular complexity index is 1100. The molecule has 2 heterocycles. The predicted octanol–water partition coefficient (Wildman–Crippen LogP) is 5.16. The third-order valence-corrected chi connectivity index (χ3v) is 6.26. The second-order valence-corrected chi connectivity index (χ2v) is 8.60. The van der Waals surface area contributed by atoms with E-state index in [9.17, 15) is 23.1 Å². The Morgan fingerprint density at radius 2 is 1.82 bits per heavy atom. The van der Waals surface area contributed by atoms with Crippen LogP contribution in [0.3, 0.4) is 0 Å². The fraction of sp³-hybridized carbons (Fsp3) is 0.360. The van der Waals surface area contributed by atoms with E-state index in [0.717, 1.165) is 12.1 Å². The number of hydrogen-bond acceptors (Lipinski definition) is 4. The van der Waals surface area contributed by atoms with Gasteiger partial charge >= 0.3 is 6.18 Å². The molecule has 1 amide bonds. The van der Waals surface area contributed by atoms with Crippen molar-refractivity contribution >= 4 is 5.91 Å². The molecule has 1 N–H and O–H groups in total. The number of aromatic nitrogens is 1. The molecule has 1 saturated heterocycles. The molecule has 8 heteroatoms. The maximum absolute atomic E-state index is 13.0. The molecule has 1 atom stereocenters. The van der Waals surface area contributed by atoms with E-state index >= 15 is 0 Å². The highest BCUT2D eigenvalue weighted by Crippen LogP contribution is 2.37. The van der Waals surface area contributed by atoms with Crippen molar-refractivity contribution in [2.24, 2.45) is 0 Å². The Kier molecular flexibility index (Phi) is 6.30. The third kappa shape index (κ3) is 5.11. The average molecular weight is 458 g/mol. The minimum Gasteiger partial charge on any atom is -0.385 e. The first kappa shape index (κ1) is 23.0. The summed E-state index contributed by atoms with van der Waals surface area (Å²) in [6, 6.07) is 16.3. The van der Waals surface area contributed by atoms with Crippen LogP contribution < -0.4 is 0 Å². The molecular formula is C25H25F3N2O3. The van der Waals surface area contributed by atoms with Crippen molar-refractivity contribution in [3.8, 4) is 0 Å². The maximum atomic E-state index is 13.0. The Morgan fingerprint density at radius 3 is 2.48 bits per heavy atom. The average Bonchev–Trinajstić information content (AvgIpc) is 3.28. The van der Waals surface area contributed by atoms with Gasteiger partial charge in [-0.3, -0.25) is 4.79 Å². The van der Waals surface area contributed by atoms with Crippen molar-refractivity contribution in [2.45, 2.75) is 43.9 Å². The molecule has 174 valence electrons. The van der Waals surface area contributed by atoms with Crippen LogP contribution in [0.5, 0.6) is 0 Å². The first-order valence-corrected chi connectivity index (χ1v) is 10.9. The highest BCUT2D eigenvalue weighted by atomic mass is 19.4. The Hall–Kier alpha value is -3.13. The van der Waals surface area contributed by atoms with Crippen LogP contribution in [-0.4, -0.2) is 34.2 Å². The van der Waals surface area contributed by atoms with Crippen LogP contribution in [0.1, 0.15) is 58.6 Å². The van der Waals surface area contributed by atoms with Gasteiger partial charge in [-0.05, 0) is 48.4 Å². The lowest BCUT2D eigenvalue weighted by atomic mass is 9.83. The van der Waals surface area contributed by atoms with Crippen molar-refractivity contribution in [1.82, 2.24) is 10.1 Å². The molecule has 0 saturated carbocycles. The molecule has 0 radical (unpaired) electrons. The van der Waals surface area contributed by atoms with Gasteiger partial charge in [-0.1, -0.05) is 54.5 Å². The molecule has 1 aliphatic rings. The lowest BCUT2D eigenvalue weighted by Gasteiger charge is -2.38. The van der Waals surface area contributed by atoms with Crippen LogP contribution >= 0.6 is 0 Å². The first-order valence-electron chi connectivity index (χ1n) is 10.9. The van der Waals surface area contributed by atoms with E-state index in [4.69, 9.17) is 4.52 Å². The minimum absolute atomic E-state index is 0.120. The number of rotatable bonds is 5. The summed E-state index contributed by atoms with van der Waals surface area (Å²) in [7, 11) is 0. The van der Waals surface area contributed by atoms with Gasteiger partial charge in [0.2, 0.25) is 5.76 Å². The standard InChI is InChI=1S/C25H25F3N2O3/c1-17(18-6-3-2-4-7-18)14-21-16-22(33-29-21)23(31)30-12-10-24(32,11-13-30)19-8-5-9-20(15-19)25(26,27)28/h2-9,15-17,32H,10-14H2,1H3/t17-/m0/s1. The number of hydrogen-bond donors (Lipinski definition) is 1. The predicted molar refractivity (Wildman–Crippen MR) is 116 cm³/mol. The smallest absolute Gasteiger partial charge is 0.385 e. The second-order valence-electron chi connectivity index (χ2n) is 8.60. The van der Waals surface area contributed by atoms with Crippen molar-refractivity contribution in [3.05, 3.63) is 88.8 Å². The van der Waals surface area contributed by atoms with Crippen LogP contribution in [0, 0.1) is 0 Å². The topological polar surface area (TPSA) is 66.6 Å². The molecule has 0 bridgehead atoms. The quantitative estimate of drug-likeness (QED) is 0.573. The Balaban J connectivity index is 1.39. The Morgan fingerprint density at radius 1 is 1.12 bits per heavy atom. The van der Waals surface area contributed by atoms with E-state index in [-0.39, 0.29) is 49.1 Å². The molecule has 33 heavy (non-hydrogen) atoms. The molecular weight excluding hydrogens is 433 g/mol. The molecule has 1 fully saturated rings. The van der Waals surface area contributed by atoms with Crippen molar-refractivity contribution in [1.29, 1.82) is 0 Å². The minimum atomic E-state index is -4.48. The van der Waals surface area contributed by atoms with Crippen molar-refractivity contribution in [2.75, 3.05) is 13.1 Å². The van der Waals surface area contributed by atoms with E-state index < -0.39 is 17.3 Å². The van der Waals surface area contributed by atoms with Gasteiger partial charge in [0.15, 0.2) is 0 Å². The van der Waals surface area contributed by atoms with Crippen LogP contribution in [0.25, 0.3) is 0 Å². The molecule has 5 nitrogen and oxygen atoms in total. The fourth-order valence-corrected chi connectivity index (χ4v) is 4.23. The molecule has 3 aromatic rings. The normalized spacial score (nSPS) is 17.1. The van der Waals surface area contributed by atoms with E-state index in [0.29, 0.717) is 12.1 Å². The number of halogens is 3. The lowest BCUT2D eigenvalue weighted by Crippen LogP contribution is -2.45. The molecule has 0 aliphatic carbocycles. The lowest BCUT2D eigenvalue weighted by molar-refractivity contribution is -0.137. The van der Waals surface area contributed by atoms with Gasteiger partial charge < -0.3 is 14.5 Å². The highest BCUT2D eigenvalue weighted by Gasteiger charge is 2.38. The van der Waals surface area contributed by atoms with Gasteiger partial charge in [0.1, 0.15) is 0 Å². The fourth-order valence-electron chi connectivity index (χ4n) is 4.23. The number of aliphatic hydroxyl groups is 1. The van der Waals surface area contributed by atoms with Crippen molar-refractivity contribution < 1.29 is 27.6 Å². The molecule has 0 unspecified atom stereocenters. The largest absolute Gasteiger partial charge is 0.416 e. The number of amides is 1. The Labute approximate surface area is 189 Å². The highest BCUT2D eigenvalue weighted by molar-refractivity contribution is 5.91. The number of alkyl halides is 3. The molecule has 0 spiro atoms. The summed E-state index contributed by atoms with van der Waals surface area (Å²) in [5.74, 6) is -0.0151. The zero-order valence-electron chi connectivity index (χ0n) is 18.2. The van der Waals surface area contributed by atoms with E-state index in [2.05, 4.69) is 12.1 Å². The van der Waals surface area contributed by atoms with Crippen molar-refractivity contribution in [3.63, 3.8) is 0 Å². The SMILES string of the molecule is C[C@@H](Cc1cc(C(=O)N2CCC(O)(c3cccc(C(F)(F)F)c3)CC2)on1)c1ccccc1. The summed E-state index contributed by atoms with van der Waals surface area (Å²) in [6.45, 7) is 2.47. The van der Waals surface area contributed by atoms with Crippen LogP contribution in [0.4, 0.5) is 13.2 Å². The summed E-state index contributed by atoms with van der Waals surface area (Å²) < 4.78 is 44.4. The molecule has 1 aromatic heterocycles. The van der Waals surface area contributed by atoms with Gasteiger partial charge in [0.05, 0.1) is 16.9 Å². The molecule has 2 aromatic carbocycles. The van der Waals surface area contributed by atoms with Gasteiger partial charge in [0.25, 0.3) is 5.91 Å². The molecule has 4 rings (SSSR count). The summed E-state index contributed by atoms with van der Waals surface area (Å²) in [4.78, 5) is 14.4. The van der Waals surface area contributed by atoms with Gasteiger partial charge in [-0.15, -0.1) is 0 Å². The number of likely N-dealkylation sites (tertiary alicyclic amines) is 1. The van der Waals surface area contributed by atoms with Crippen LogP contribution in [-0.2, 0) is 18.2 Å². The summed E-state index contributed by atoms with van der Waals surface area (Å²) in [6.07, 6.45) is -3.60. The van der Waals surface area contributed by atoms with E-state index in [1.165, 1.54) is 22.6 Å². The van der Waals surface area contributed by atoms with Gasteiger partial charge in [0, 0.05) is 19.2 Å². The van der Waals surface area contributed by atoms with E-state index in [1.54, 1.807) is 6.07 Å².